The third kappa shape index (κ3) is 4.89. The molecule has 3 heteroatoms. The highest BCUT2D eigenvalue weighted by molar-refractivity contribution is 5.76. The van der Waals surface area contributed by atoms with Crippen molar-refractivity contribution >= 4 is 5.90 Å². The normalized spacial score (nSPS) is 11.4. The molecular formula is C14H21NO2. The minimum atomic E-state index is 0.836. The van der Waals surface area contributed by atoms with Crippen LogP contribution in [0.4, 0.5) is 0 Å². The molecule has 1 aromatic rings. The lowest BCUT2D eigenvalue weighted by molar-refractivity contribution is 0.387. The fraction of sp³-hybridized carbons (Fsp3) is 0.500. The Morgan fingerprint density at radius 3 is 2.41 bits per heavy atom. The zero-order valence-electron chi connectivity index (χ0n) is 10.9. The van der Waals surface area contributed by atoms with Gasteiger partial charge in [-0.1, -0.05) is 19.1 Å². The summed E-state index contributed by atoms with van der Waals surface area (Å²) in [6, 6.07) is 8.11. The Bertz CT molecular complexity index is 344. The lowest BCUT2D eigenvalue weighted by atomic mass is 10.1. The maximum absolute atomic E-state index is 5.24. The molecule has 1 rings (SSSR count). The molecule has 0 heterocycles. The minimum absolute atomic E-state index is 0.836. The lowest BCUT2D eigenvalue weighted by Gasteiger charge is -2.06. The first-order chi connectivity index (χ1) is 8.30. The molecule has 0 spiro atoms. The van der Waals surface area contributed by atoms with Crippen LogP contribution >= 0.6 is 0 Å². The van der Waals surface area contributed by atoms with Gasteiger partial charge in [0.25, 0.3) is 0 Å². The van der Waals surface area contributed by atoms with Crippen LogP contribution in [0.5, 0.6) is 5.75 Å². The summed E-state index contributed by atoms with van der Waals surface area (Å²) in [5.74, 6) is 1.73. The Labute approximate surface area is 103 Å². The largest absolute Gasteiger partial charge is 0.497 e. The fourth-order valence-corrected chi connectivity index (χ4v) is 1.53. The Kier molecular flexibility index (Phi) is 6.15. The molecule has 3 nitrogen and oxygen atoms in total. The fourth-order valence-electron chi connectivity index (χ4n) is 1.53. The van der Waals surface area contributed by atoms with Crippen LogP contribution in [0.1, 0.15) is 25.3 Å². The second-order valence-corrected chi connectivity index (χ2v) is 3.83. The molecule has 0 amide bonds. The van der Waals surface area contributed by atoms with E-state index >= 15 is 0 Å². The first kappa shape index (κ1) is 13.6. The number of methoxy groups -OCH3 is 2. The van der Waals surface area contributed by atoms with E-state index in [0.717, 1.165) is 37.5 Å². The van der Waals surface area contributed by atoms with Crippen LogP contribution in [0.2, 0.25) is 0 Å². The summed E-state index contributed by atoms with van der Waals surface area (Å²) < 4.78 is 10.4. The summed E-state index contributed by atoms with van der Waals surface area (Å²) in [5.41, 5.74) is 1.27. The van der Waals surface area contributed by atoms with Crippen molar-refractivity contribution in [1.82, 2.24) is 0 Å². The lowest BCUT2D eigenvalue weighted by Crippen LogP contribution is -2.04. The standard InChI is InChI=1S/C14H21NO2/c1-4-11-15-14(17-3)10-7-12-5-8-13(16-2)9-6-12/h5-6,8-9H,4,7,10-11H2,1-3H3/b15-14+. The van der Waals surface area contributed by atoms with Gasteiger partial charge in [0.1, 0.15) is 5.75 Å². The molecule has 0 aliphatic rings. The van der Waals surface area contributed by atoms with Gasteiger partial charge in [0.05, 0.1) is 14.2 Å². The number of aryl methyl sites for hydroxylation is 1. The Morgan fingerprint density at radius 2 is 1.88 bits per heavy atom. The SMILES string of the molecule is CCC/N=C(\CCc1ccc(OC)cc1)OC. The van der Waals surface area contributed by atoms with Gasteiger partial charge in [-0.2, -0.15) is 0 Å². The predicted molar refractivity (Wildman–Crippen MR) is 70.9 cm³/mol. The molecule has 94 valence electrons. The van der Waals surface area contributed by atoms with Crippen LogP contribution in [-0.4, -0.2) is 26.7 Å². The predicted octanol–water partition coefficient (Wildman–Crippen LogP) is 3.08. The van der Waals surface area contributed by atoms with Crippen molar-refractivity contribution in [3.05, 3.63) is 29.8 Å². The Balaban J connectivity index is 2.47. The second-order valence-electron chi connectivity index (χ2n) is 3.83. The molecule has 0 aliphatic heterocycles. The molecule has 0 radical (unpaired) electrons. The van der Waals surface area contributed by atoms with E-state index in [1.54, 1.807) is 14.2 Å². The van der Waals surface area contributed by atoms with Gasteiger partial charge in [0, 0.05) is 13.0 Å². The van der Waals surface area contributed by atoms with E-state index < -0.39 is 0 Å². The van der Waals surface area contributed by atoms with Crippen molar-refractivity contribution in [1.29, 1.82) is 0 Å². The maximum atomic E-state index is 5.24. The highest BCUT2D eigenvalue weighted by atomic mass is 16.5. The zero-order chi connectivity index (χ0) is 12.5. The topological polar surface area (TPSA) is 30.8 Å². The third-order valence-electron chi connectivity index (χ3n) is 2.53. The molecule has 0 N–H and O–H groups in total. The number of ether oxygens (including phenoxy) is 2. The van der Waals surface area contributed by atoms with Crippen molar-refractivity contribution in [2.24, 2.45) is 4.99 Å². The van der Waals surface area contributed by atoms with E-state index in [1.807, 2.05) is 12.1 Å². The molecule has 0 bridgehead atoms. The summed E-state index contributed by atoms with van der Waals surface area (Å²) in [7, 11) is 3.36. The maximum Gasteiger partial charge on any atom is 0.183 e. The van der Waals surface area contributed by atoms with Gasteiger partial charge in [0.15, 0.2) is 5.90 Å². The van der Waals surface area contributed by atoms with E-state index in [2.05, 4.69) is 24.0 Å². The molecule has 0 saturated heterocycles. The average Bonchev–Trinajstić information content (AvgIpc) is 2.39. The van der Waals surface area contributed by atoms with Crippen molar-refractivity contribution in [3.63, 3.8) is 0 Å². The van der Waals surface area contributed by atoms with Gasteiger partial charge < -0.3 is 9.47 Å². The molecule has 0 unspecified atom stereocenters. The Hall–Kier alpha value is -1.51. The van der Waals surface area contributed by atoms with Gasteiger partial charge in [-0.3, -0.25) is 4.99 Å². The summed E-state index contributed by atoms with van der Waals surface area (Å²) >= 11 is 0. The summed E-state index contributed by atoms with van der Waals surface area (Å²) in [5, 5.41) is 0. The van der Waals surface area contributed by atoms with Gasteiger partial charge >= 0.3 is 0 Å². The number of nitrogens with zero attached hydrogens (tertiary/aromatic N) is 1. The average molecular weight is 235 g/mol. The molecular weight excluding hydrogens is 214 g/mol. The van der Waals surface area contributed by atoms with Crippen LogP contribution in [0.3, 0.4) is 0 Å². The van der Waals surface area contributed by atoms with Crippen LogP contribution < -0.4 is 4.74 Å². The third-order valence-corrected chi connectivity index (χ3v) is 2.53. The monoisotopic (exact) mass is 235 g/mol. The van der Waals surface area contributed by atoms with Gasteiger partial charge in [0.2, 0.25) is 0 Å². The highest BCUT2D eigenvalue weighted by Gasteiger charge is 2.00. The van der Waals surface area contributed by atoms with Crippen LogP contribution in [0.25, 0.3) is 0 Å². The number of hydrogen-bond acceptors (Lipinski definition) is 3. The van der Waals surface area contributed by atoms with Crippen LogP contribution in [0, 0.1) is 0 Å². The Morgan fingerprint density at radius 1 is 1.18 bits per heavy atom. The molecule has 1 aromatic carbocycles. The first-order valence-electron chi connectivity index (χ1n) is 6.00. The minimum Gasteiger partial charge on any atom is -0.497 e. The van der Waals surface area contributed by atoms with Crippen molar-refractivity contribution in [2.45, 2.75) is 26.2 Å². The van der Waals surface area contributed by atoms with Gasteiger partial charge in [-0.25, -0.2) is 0 Å². The number of benzene rings is 1. The molecule has 0 atom stereocenters. The van der Waals surface area contributed by atoms with Crippen LogP contribution in [-0.2, 0) is 11.2 Å². The number of aliphatic imine (C=N–C) groups is 1. The second kappa shape index (κ2) is 7.71. The number of rotatable bonds is 6. The van der Waals surface area contributed by atoms with Crippen molar-refractivity contribution < 1.29 is 9.47 Å². The molecule has 0 saturated carbocycles. The number of hydrogen-bond donors (Lipinski definition) is 0. The van der Waals surface area contributed by atoms with E-state index in [0.29, 0.717) is 0 Å². The summed E-state index contributed by atoms with van der Waals surface area (Å²) in [4.78, 5) is 4.38. The smallest absolute Gasteiger partial charge is 0.183 e. The molecule has 0 aliphatic carbocycles. The van der Waals surface area contributed by atoms with Crippen molar-refractivity contribution in [2.75, 3.05) is 20.8 Å². The van der Waals surface area contributed by atoms with E-state index in [9.17, 15) is 0 Å². The summed E-state index contributed by atoms with van der Waals surface area (Å²) in [6.45, 7) is 2.95. The van der Waals surface area contributed by atoms with E-state index in [1.165, 1.54) is 5.56 Å². The van der Waals surface area contributed by atoms with E-state index in [4.69, 9.17) is 9.47 Å². The quantitative estimate of drug-likeness (QED) is 0.560. The molecule has 0 aromatic heterocycles. The highest BCUT2D eigenvalue weighted by Crippen LogP contribution is 2.12. The van der Waals surface area contributed by atoms with Gasteiger partial charge in [-0.05, 0) is 30.5 Å². The molecule has 0 fully saturated rings. The summed E-state index contributed by atoms with van der Waals surface area (Å²) in [6.07, 6.45) is 2.85. The first-order valence-corrected chi connectivity index (χ1v) is 6.00. The van der Waals surface area contributed by atoms with Crippen molar-refractivity contribution in [3.8, 4) is 5.75 Å². The van der Waals surface area contributed by atoms with Gasteiger partial charge in [-0.15, -0.1) is 0 Å². The van der Waals surface area contributed by atoms with E-state index in [-0.39, 0.29) is 0 Å². The molecule has 17 heavy (non-hydrogen) atoms. The zero-order valence-corrected chi connectivity index (χ0v) is 10.9. The van der Waals surface area contributed by atoms with Crippen LogP contribution in [0.15, 0.2) is 29.3 Å².